The molecule has 0 saturated carbocycles. The van der Waals surface area contributed by atoms with Crippen LogP contribution in [-0.4, -0.2) is 30.9 Å². The van der Waals surface area contributed by atoms with Crippen molar-refractivity contribution in [1.29, 1.82) is 0 Å². The van der Waals surface area contributed by atoms with Crippen LogP contribution in [0.25, 0.3) is 0 Å². The molecule has 0 unspecified atom stereocenters. The highest BCUT2D eigenvalue weighted by atomic mass is 16.2. The van der Waals surface area contributed by atoms with Gasteiger partial charge in [0, 0.05) is 25.8 Å². The highest BCUT2D eigenvalue weighted by Gasteiger charge is 2.14. The molecule has 3 heteroatoms. The molecule has 0 spiro atoms. The number of unbranched alkanes of at least 4 members (excludes halogenated alkanes) is 1. The summed E-state index contributed by atoms with van der Waals surface area (Å²) in [6.07, 6.45) is 4.82. The van der Waals surface area contributed by atoms with Crippen molar-refractivity contribution in [1.82, 2.24) is 4.90 Å². The lowest BCUT2D eigenvalue weighted by Gasteiger charge is -2.19. The monoisotopic (exact) mass is 260 g/mol. The molecule has 1 rings (SSSR count). The maximum absolute atomic E-state index is 12.4. The fourth-order valence-corrected chi connectivity index (χ4v) is 1.86. The molecule has 0 aliphatic rings. The molecular weight excluding hydrogens is 236 g/mol. The van der Waals surface area contributed by atoms with Gasteiger partial charge < -0.3 is 10.2 Å². The topological polar surface area (TPSA) is 32.3 Å². The number of para-hydroxylation sites is 1. The second-order valence-corrected chi connectivity index (χ2v) is 4.63. The van der Waals surface area contributed by atoms with E-state index in [-0.39, 0.29) is 5.91 Å². The zero-order valence-electron chi connectivity index (χ0n) is 12.0. The minimum absolute atomic E-state index is 0.0725. The van der Waals surface area contributed by atoms with Gasteiger partial charge in [0.1, 0.15) is 0 Å². The van der Waals surface area contributed by atoms with Crippen molar-refractivity contribution in [2.24, 2.45) is 0 Å². The Labute approximate surface area is 116 Å². The lowest BCUT2D eigenvalue weighted by Crippen LogP contribution is -2.28. The van der Waals surface area contributed by atoms with Crippen LogP contribution in [-0.2, 0) is 0 Å². The Morgan fingerprint density at radius 3 is 2.84 bits per heavy atom. The van der Waals surface area contributed by atoms with E-state index in [1.165, 1.54) is 0 Å². The van der Waals surface area contributed by atoms with E-state index in [1.54, 1.807) is 4.90 Å². The summed E-state index contributed by atoms with van der Waals surface area (Å²) >= 11 is 0. The maximum Gasteiger partial charge on any atom is 0.255 e. The average Bonchev–Trinajstić information content (AvgIpc) is 2.44. The van der Waals surface area contributed by atoms with Crippen molar-refractivity contribution in [2.45, 2.75) is 26.2 Å². The fourth-order valence-electron chi connectivity index (χ4n) is 1.86. The van der Waals surface area contributed by atoms with Gasteiger partial charge in [0.2, 0.25) is 0 Å². The zero-order valence-corrected chi connectivity index (χ0v) is 12.0. The summed E-state index contributed by atoms with van der Waals surface area (Å²) in [7, 11) is 1.85. The van der Waals surface area contributed by atoms with Crippen molar-refractivity contribution >= 4 is 11.6 Å². The van der Waals surface area contributed by atoms with Crippen LogP contribution >= 0.6 is 0 Å². The average molecular weight is 260 g/mol. The van der Waals surface area contributed by atoms with E-state index >= 15 is 0 Å². The molecule has 0 aliphatic heterocycles. The number of hydrogen-bond acceptors (Lipinski definition) is 2. The molecular formula is C16H24N2O. The van der Waals surface area contributed by atoms with Crippen molar-refractivity contribution in [3.8, 4) is 0 Å². The van der Waals surface area contributed by atoms with Gasteiger partial charge in [-0.2, -0.15) is 0 Å². The van der Waals surface area contributed by atoms with Crippen molar-refractivity contribution in [3.05, 3.63) is 42.5 Å². The highest BCUT2D eigenvalue weighted by molar-refractivity contribution is 5.99. The van der Waals surface area contributed by atoms with Crippen LogP contribution in [0.5, 0.6) is 0 Å². The van der Waals surface area contributed by atoms with E-state index < -0.39 is 0 Å². The summed E-state index contributed by atoms with van der Waals surface area (Å²) in [5.74, 6) is 0.0725. The van der Waals surface area contributed by atoms with Gasteiger partial charge in [-0.15, -0.1) is 6.58 Å². The van der Waals surface area contributed by atoms with Gasteiger partial charge in [-0.1, -0.05) is 25.1 Å². The quantitative estimate of drug-likeness (QED) is 0.572. The number of carbonyl (C=O) groups excluding carboxylic acids is 1. The number of allylic oxidation sites excluding steroid dienone is 1. The molecule has 19 heavy (non-hydrogen) atoms. The molecule has 1 aromatic rings. The first kappa shape index (κ1) is 15.3. The van der Waals surface area contributed by atoms with Gasteiger partial charge in [-0.3, -0.25) is 4.79 Å². The number of benzene rings is 1. The molecule has 1 N–H and O–H groups in total. The van der Waals surface area contributed by atoms with Crippen molar-refractivity contribution in [3.63, 3.8) is 0 Å². The van der Waals surface area contributed by atoms with Gasteiger partial charge in [-0.05, 0) is 31.4 Å². The Morgan fingerprint density at radius 2 is 2.16 bits per heavy atom. The molecule has 1 aromatic carbocycles. The van der Waals surface area contributed by atoms with Gasteiger partial charge in [-0.25, -0.2) is 0 Å². The molecule has 104 valence electrons. The lowest BCUT2D eigenvalue weighted by atomic mass is 10.1. The van der Waals surface area contributed by atoms with Crippen LogP contribution in [0.4, 0.5) is 5.69 Å². The molecule has 0 fully saturated rings. The predicted molar refractivity (Wildman–Crippen MR) is 81.6 cm³/mol. The van der Waals surface area contributed by atoms with Crippen LogP contribution < -0.4 is 5.32 Å². The first-order valence-corrected chi connectivity index (χ1v) is 6.90. The van der Waals surface area contributed by atoms with Crippen LogP contribution in [0, 0.1) is 0 Å². The van der Waals surface area contributed by atoms with Crippen molar-refractivity contribution in [2.75, 3.05) is 25.5 Å². The Balaban J connectivity index is 2.71. The van der Waals surface area contributed by atoms with Crippen LogP contribution in [0.15, 0.2) is 36.9 Å². The molecule has 3 nitrogen and oxygen atoms in total. The number of rotatable bonds is 8. The number of anilines is 1. The van der Waals surface area contributed by atoms with Crippen LogP contribution in [0.2, 0.25) is 0 Å². The Hall–Kier alpha value is -1.77. The minimum Gasteiger partial charge on any atom is -0.384 e. The summed E-state index contributed by atoms with van der Waals surface area (Å²) in [5.41, 5.74) is 1.67. The molecule has 0 radical (unpaired) electrons. The number of nitrogens with zero attached hydrogens (tertiary/aromatic N) is 1. The third kappa shape index (κ3) is 4.78. The SMILES string of the molecule is C=CCCCN(C)C(=O)c1ccccc1NCCC. The molecule has 0 heterocycles. The van der Waals surface area contributed by atoms with Gasteiger partial charge in [0.15, 0.2) is 0 Å². The first-order valence-electron chi connectivity index (χ1n) is 6.90. The number of carbonyl (C=O) groups is 1. The Bertz CT molecular complexity index is 415. The summed E-state index contributed by atoms with van der Waals surface area (Å²) in [6.45, 7) is 7.44. The number of hydrogen-bond donors (Lipinski definition) is 1. The Kier molecular flexibility index (Phi) is 6.72. The third-order valence-electron chi connectivity index (χ3n) is 2.97. The minimum atomic E-state index is 0.0725. The second kappa shape index (κ2) is 8.35. The number of nitrogens with one attached hydrogen (secondary N) is 1. The predicted octanol–water partition coefficient (Wildman–Crippen LogP) is 3.55. The van der Waals surface area contributed by atoms with Crippen LogP contribution in [0.3, 0.4) is 0 Å². The summed E-state index contributed by atoms with van der Waals surface area (Å²) in [4.78, 5) is 14.2. The standard InChI is InChI=1S/C16H24N2O/c1-4-6-9-13-18(3)16(19)14-10-7-8-11-15(14)17-12-5-2/h4,7-8,10-11,17H,1,5-6,9,12-13H2,2-3H3. The zero-order chi connectivity index (χ0) is 14.1. The van der Waals surface area contributed by atoms with E-state index in [0.29, 0.717) is 0 Å². The van der Waals surface area contributed by atoms with E-state index in [4.69, 9.17) is 0 Å². The number of amides is 1. The normalized spacial score (nSPS) is 10.0. The van der Waals surface area contributed by atoms with Crippen molar-refractivity contribution < 1.29 is 4.79 Å². The lowest BCUT2D eigenvalue weighted by molar-refractivity contribution is 0.0795. The largest absolute Gasteiger partial charge is 0.384 e. The van der Waals surface area contributed by atoms with E-state index in [0.717, 1.165) is 43.6 Å². The highest BCUT2D eigenvalue weighted by Crippen LogP contribution is 2.17. The Morgan fingerprint density at radius 1 is 1.42 bits per heavy atom. The van der Waals surface area contributed by atoms with Crippen LogP contribution in [0.1, 0.15) is 36.5 Å². The summed E-state index contributed by atoms with van der Waals surface area (Å²) in [5, 5.41) is 3.30. The van der Waals surface area contributed by atoms with Gasteiger partial charge >= 0.3 is 0 Å². The fraction of sp³-hybridized carbons (Fsp3) is 0.438. The molecule has 0 atom stereocenters. The smallest absolute Gasteiger partial charge is 0.255 e. The van der Waals surface area contributed by atoms with E-state index in [2.05, 4.69) is 18.8 Å². The summed E-state index contributed by atoms with van der Waals surface area (Å²) in [6, 6.07) is 7.69. The molecule has 0 bridgehead atoms. The maximum atomic E-state index is 12.4. The molecule has 0 aromatic heterocycles. The van der Waals surface area contributed by atoms with E-state index in [9.17, 15) is 4.79 Å². The third-order valence-corrected chi connectivity index (χ3v) is 2.97. The molecule has 1 amide bonds. The first-order chi connectivity index (χ1) is 9.20. The molecule has 0 saturated heterocycles. The van der Waals surface area contributed by atoms with Gasteiger partial charge in [0.25, 0.3) is 5.91 Å². The van der Waals surface area contributed by atoms with Gasteiger partial charge in [0.05, 0.1) is 5.56 Å². The summed E-state index contributed by atoms with van der Waals surface area (Å²) < 4.78 is 0. The molecule has 0 aliphatic carbocycles. The van der Waals surface area contributed by atoms with E-state index in [1.807, 2.05) is 37.4 Å². The second-order valence-electron chi connectivity index (χ2n) is 4.63.